The minimum Gasteiger partial charge on any atom is -1.00 e. The number of nitrogens with zero attached hydrogens (tertiary/aromatic N) is 2. The van der Waals surface area contributed by atoms with Crippen LogP contribution >= 0.6 is 0 Å². The minimum atomic E-state index is -0.385. The number of halogens is 2. The van der Waals surface area contributed by atoms with Gasteiger partial charge in [0.2, 0.25) is 0 Å². The van der Waals surface area contributed by atoms with Crippen molar-refractivity contribution in [2.75, 3.05) is 0 Å². The van der Waals surface area contributed by atoms with Crippen LogP contribution in [0, 0.1) is 0 Å². The number of benzene rings is 2. The average Bonchev–Trinajstić information content (AvgIpc) is 3.11. The van der Waals surface area contributed by atoms with Crippen molar-refractivity contribution in [2.45, 2.75) is 57.4 Å². The van der Waals surface area contributed by atoms with Gasteiger partial charge >= 0.3 is 16.5 Å². The largest absolute Gasteiger partial charge is 2.00 e. The van der Waals surface area contributed by atoms with E-state index in [1.807, 2.05) is 36.4 Å². The first-order chi connectivity index (χ1) is 12.9. The second-order valence-electron chi connectivity index (χ2n) is 8.26. The maximum absolute atomic E-state index is 6.18. The summed E-state index contributed by atoms with van der Waals surface area (Å²) in [6.07, 6.45) is 0.486. The Labute approximate surface area is 210 Å². The molecule has 30 heavy (non-hydrogen) atoms. The zero-order chi connectivity index (χ0) is 19.1. The van der Waals surface area contributed by atoms with E-state index in [1.165, 1.54) is 0 Å². The summed E-state index contributed by atoms with van der Waals surface area (Å²) in [5.74, 6) is 1.38. The first kappa shape index (κ1) is 26.9. The zero-order valence-electron chi connectivity index (χ0n) is 17.4. The third kappa shape index (κ3) is 5.54. The summed E-state index contributed by atoms with van der Waals surface area (Å²) in [5, 5.41) is 0. The Hall–Kier alpha value is -1.17. The third-order valence-corrected chi connectivity index (χ3v) is 5.16. The molecule has 0 radical (unpaired) electrons. The first-order valence-corrected chi connectivity index (χ1v) is 9.46. The molecule has 2 aliphatic heterocycles. The minimum absolute atomic E-state index is 0. The van der Waals surface area contributed by atoms with E-state index in [0.29, 0.717) is 18.2 Å². The van der Waals surface area contributed by atoms with Crippen molar-refractivity contribution in [1.82, 2.24) is 0 Å². The molecule has 0 fully saturated rings. The number of ether oxygens (including phenoxy) is 2. The van der Waals surface area contributed by atoms with Crippen LogP contribution in [-0.2, 0) is 26.0 Å². The predicted molar refractivity (Wildman–Crippen MR) is 108 cm³/mol. The van der Waals surface area contributed by atoms with Crippen molar-refractivity contribution in [1.29, 1.82) is 0 Å². The molecule has 2 aliphatic rings. The van der Waals surface area contributed by atoms with Gasteiger partial charge in [0.15, 0.2) is 11.8 Å². The quantitative estimate of drug-likeness (QED) is 0.448. The molecule has 2 unspecified atom stereocenters. The van der Waals surface area contributed by atoms with Crippen LogP contribution in [0.15, 0.2) is 70.6 Å². The van der Waals surface area contributed by atoms with Gasteiger partial charge in [-0.2, -0.15) is 0 Å². The molecule has 0 saturated heterocycles. The van der Waals surface area contributed by atoms with E-state index >= 15 is 0 Å². The van der Waals surface area contributed by atoms with Crippen LogP contribution < -0.4 is 34.0 Å². The molecule has 0 spiro atoms. The molecule has 0 amide bonds. The summed E-state index contributed by atoms with van der Waals surface area (Å²) in [4.78, 5) is 9.71. The number of hydrogen-bond donors (Lipinski definition) is 0. The Morgan fingerprint density at radius 3 is 1.33 bits per heavy atom. The summed E-state index contributed by atoms with van der Waals surface area (Å²) in [6.45, 7) is 8.31. The molecule has 0 aromatic heterocycles. The van der Waals surface area contributed by atoms with E-state index in [9.17, 15) is 0 Å². The van der Waals surface area contributed by atoms with Crippen molar-refractivity contribution in [3.8, 4) is 0 Å². The van der Waals surface area contributed by atoms with Crippen LogP contribution in [0.3, 0.4) is 0 Å². The summed E-state index contributed by atoms with van der Waals surface area (Å²) in [6, 6.07) is 20.5. The molecule has 2 atom stereocenters. The van der Waals surface area contributed by atoms with Gasteiger partial charge in [-0.15, -0.1) is 0 Å². The fraction of sp³-hybridized carbons (Fsp3) is 0.391. The Morgan fingerprint density at radius 2 is 1.00 bits per heavy atom. The average molecular weight is 581 g/mol. The third-order valence-electron chi connectivity index (χ3n) is 5.16. The summed E-state index contributed by atoms with van der Waals surface area (Å²) < 4.78 is 12.4. The molecule has 0 N–H and O–H groups in total. The number of aliphatic imine (C=N–C) groups is 2. The van der Waals surface area contributed by atoms with Crippen LogP contribution in [0.1, 0.15) is 57.3 Å². The van der Waals surface area contributed by atoms with Gasteiger partial charge in [0.25, 0.3) is 0 Å². The van der Waals surface area contributed by atoms with Gasteiger partial charge < -0.3 is 43.4 Å². The van der Waals surface area contributed by atoms with Crippen LogP contribution in [0.4, 0.5) is 0 Å². The van der Waals surface area contributed by atoms with Crippen molar-refractivity contribution in [3.05, 3.63) is 71.8 Å². The van der Waals surface area contributed by atoms with Crippen LogP contribution in [0.5, 0.6) is 0 Å². The van der Waals surface area contributed by atoms with E-state index in [4.69, 9.17) is 19.5 Å². The molecule has 0 saturated carbocycles. The van der Waals surface area contributed by atoms with E-state index in [2.05, 4.69) is 52.0 Å². The number of hydrogen-bond acceptors (Lipinski definition) is 4. The van der Waals surface area contributed by atoms with E-state index in [1.54, 1.807) is 0 Å². The monoisotopic (exact) mass is 578 g/mol. The molecule has 2 heterocycles. The van der Waals surface area contributed by atoms with Crippen LogP contribution in [0.2, 0.25) is 0 Å². The van der Waals surface area contributed by atoms with Gasteiger partial charge in [0.05, 0.1) is 6.42 Å². The summed E-state index contributed by atoms with van der Waals surface area (Å²) >= 11 is 0. The molecule has 2 aromatic carbocycles. The Balaban J connectivity index is 0.00000150. The number of rotatable bonds is 4. The smallest absolute Gasteiger partial charge is 1.00 e. The van der Waals surface area contributed by atoms with Crippen molar-refractivity contribution in [3.63, 3.8) is 0 Å². The molecule has 0 aliphatic carbocycles. The molecular weight excluding hydrogens is 555 g/mol. The fourth-order valence-electron chi connectivity index (χ4n) is 3.89. The Morgan fingerprint density at radius 1 is 0.667 bits per heavy atom. The first-order valence-electron chi connectivity index (χ1n) is 9.46. The molecule has 4 rings (SSSR count). The van der Waals surface area contributed by atoms with Gasteiger partial charge in [0.1, 0.15) is 23.3 Å². The topological polar surface area (TPSA) is 43.2 Å². The normalized spacial score (nSPS) is 22.8. The molecule has 4 nitrogen and oxygen atoms in total. The van der Waals surface area contributed by atoms with E-state index in [-0.39, 0.29) is 73.7 Å². The van der Waals surface area contributed by atoms with Crippen molar-refractivity contribution >= 4 is 11.8 Å². The van der Waals surface area contributed by atoms with Gasteiger partial charge in [-0.1, -0.05) is 60.7 Å². The second-order valence-corrected chi connectivity index (χ2v) is 8.26. The SMILES string of the molecule is CC1(C)OC(CC2=NC(c3ccccc3)C(C)(C)O2)=NC1c1ccccc1.[Br-].[Br-].[Ni+2]. The maximum atomic E-state index is 6.18. The van der Waals surface area contributed by atoms with E-state index in [0.717, 1.165) is 11.1 Å². The van der Waals surface area contributed by atoms with Gasteiger partial charge in [-0.3, -0.25) is 0 Å². The van der Waals surface area contributed by atoms with Crippen molar-refractivity contribution in [2.24, 2.45) is 9.98 Å². The predicted octanol–water partition coefficient (Wildman–Crippen LogP) is -0.721. The molecular formula is C23H26Br2N2NiO2. The summed E-state index contributed by atoms with van der Waals surface area (Å²) in [7, 11) is 0. The molecule has 2 aromatic rings. The molecule has 7 heteroatoms. The van der Waals surface area contributed by atoms with Gasteiger partial charge in [0, 0.05) is 0 Å². The van der Waals surface area contributed by atoms with E-state index < -0.39 is 0 Å². The molecule has 0 bridgehead atoms. The fourth-order valence-corrected chi connectivity index (χ4v) is 3.89. The zero-order valence-corrected chi connectivity index (χ0v) is 21.6. The van der Waals surface area contributed by atoms with Gasteiger partial charge in [-0.25, -0.2) is 9.98 Å². The molecule has 164 valence electrons. The Kier molecular flexibility index (Phi) is 9.34. The summed E-state index contributed by atoms with van der Waals surface area (Å²) in [5.41, 5.74) is 1.55. The van der Waals surface area contributed by atoms with Crippen LogP contribution in [-0.4, -0.2) is 23.0 Å². The van der Waals surface area contributed by atoms with Crippen LogP contribution in [0.25, 0.3) is 0 Å². The second kappa shape index (κ2) is 10.4. The van der Waals surface area contributed by atoms with Gasteiger partial charge in [-0.05, 0) is 38.8 Å². The standard InChI is InChI=1S/C23H26N2O2.2BrH.Ni/c1-22(2)20(16-11-7-5-8-12-16)24-18(26-22)15-19-25-21(23(3,4)27-19)17-13-9-6-10-14-17;;;/h5-14,20-21H,15H2,1-4H3;2*1H;/q;;;+2/p-2. The Bertz CT molecular complexity index is 813. The maximum Gasteiger partial charge on any atom is 2.00 e. The van der Waals surface area contributed by atoms with Crippen molar-refractivity contribution < 1.29 is 59.9 Å².